The third-order valence-electron chi connectivity index (χ3n) is 2.86. The van der Waals surface area contributed by atoms with E-state index in [0.717, 1.165) is 4.57 Å². The number of aromatic hydroxyl groups is 1. The second kappa shape index (κ2) is 5.12. The van der Waals surface area contributed by atoms with Gasteiger partial charge >= 0.3 is 5.97 Å². The van der Waals surface area contributed by atoms with Gasteiger partial charge < -0.3 is 25.8 Å². The number of fused-ring (bicyclic) bond motifs is 1. The first-order valence-electron chi connectivity index (χ1n) is 5.80. The predicted octanol–water partition coefficient (Wildman–Crippen LogP) is -0.964. The van der Waals surface area contributed by atoms with Crippen molar-refractivity contribution in [2.45, 2.75) is 0 Å². The van der Waals surface area contributed by atoms with Crippen molar-refractivity contribution >= 4 is 28.6 Å². The van der Waals surface area contributed by atoms with E-state index in [2.05, 4.69) is 4.98 Å². The second-order valence-electron chi connectivity index (χ2n) is 4.30. The van der Waals surface area contributed by atoms with Gasteiger partial charge in [0.25, 0.3) is 11.5 Å². The van der Waals surface area contributed by atoms with Crippen molar-refractivity contribution in [3.63, 3.8) is 0 Å². The number of rotatable bonds is 3. The van der Waals surface area contributed by atoms with Gasteiger partial charge in [-0.1, -0.05) is 0 Å². The smallest absolute Gasteiger partial charge is 0.322 e. The number of carboxylic acid groups (broad SMARTS) is 1. The Morgan fingerprint density at radius 3 is 2.76 bits per heavy atom. The highest BCUT2D eigenvalue weighted by atomic mass is 16.4. The summed E-state index contributed by atoms with van der Waals surface area (Å²) in [7, 11) is 1.39. The van der Waals surface area contributed by atoms with Crippen molar-refractivity contribution < 1.29 is 19.8 Å². The van der Waals surface area contributed by atoms with Gasteiger partial charge in [-0.3, -0.25) is 14.4 Å². The predicted molar refractivity (Wildman–Crippen MR) is 73.0 cm³/mol. The third-order valence-corrected chi connectivity index (χ3v) is 2.86. The monoisotopic (exact) mass is 292 g/mol. The van der Waals surface area contributed by atoms with Crippen molar-refractivity contribution in [1.82, 2.24) is 14.9 Å². The molecule has 0 aliphatic heterocycles. The summed E-state index contributed by atoms with van der Waals surface area (Å²) in [6.07, 6.45) is 1.27. The molecule has 5 N–H and O–H groups in total. The average molecular weight is 292 g/mol. The molecule has 0 aliphatic carbocycles. The number of hydrogen-bond donors (Lipinski definition) is 4. The Hall–Kier alpha value is -3.10. The van der Waals surface area contributed by atoms with Gasteiger partial charge in [-0.15, -0.1) is 0 Å². The number of pyridine rings is 2. The molecule has 9 heteroatoms. The van der Waals surface area contributed by atoms with E-state index in [1.165, 1.54) is 19.3 Å². The molecular weight excluding hydrogens is 280 g/mol. The van der Waals surface area contributed by atoms with Crippen LogP contribution >= 0.6 is 0 Å². The zero-order valence-electron chi connectivity index (χ0n) is 11.0. The zero-order valence-corrected chi connectivity index (χ0v) is 11.0. The molecule has 0 unspecified atom stereocenters. The highest BCUT2D eigenvalue weighted by Gasteiger charge is 2.22. The number of nitrogens with zero attached hydrogens (tertiary/aromatic N) is 2. The number of aliphatic carboxylic acids is 1. The first kappa shape index (κ1) is 14.3. The van der Waals surface area contributed by atoms with E-state index in [0.29, 0.717) is 5.69 Å². The Kier molecular flexibility index (Phi) is 3.49. The van der Waals surface area contributed by atoms with Crippen LogP contribution in [-0.4, -0.2) is 38.2 Å². The van der Waals surface area contributed by atoms with E-state index >= 15 is 0 Å². The SMILES string of the molecule is Cn1c(=O)c(C(=O)NCC(=O)O)c(O)c2ncc(N)cc21. The third kappa shape index (κ3) is 2.48. The minimum Gasteiger partial charge on any atom is -0.505 e. The van der Waals surface area contributed by atoms with Gasteiger partial charge in [-0.05, 0) is 6.07 Å². The Morgan fingerprint density at radius 1 is 1.48 bits per heavy atom. The van der Waals surface area contributed by atoms with Crippen LogP contribution in [0, 0.1) is 0 Å². The van der Waals surface area contributed by atoms with Crippen LogP contribution in [0.2, 0.25) is 0 Å². The molecule has 0 atom stereocenters. The summed E-state index contributed by atoms with van der Waals surface area (Å²) in [4.78, 5) is 38.3. The van der Waals surface area contributed by atoms with E-state index in [1.807, 2.05) is 5.32 Å². The summed E-state index contributed by atoms with van der Waals surface area (Å²) in [5, 5.41) is 20.6. The number of anilines is 1. The molecule has 2 rings (SSSR count). The largest absolute Gasteiger partial charge is 0.505 e. The molecule has 110 valence electrons. The van der Waals surface area contributed by atoms with Gasteiger partial charge in [0.2, 0.25) is 0 Å². The molecule has 0 aromatic carbocycles. The van der Waals surface area contributed by atoms with Crippen LogP contribution in [0.15, 0.2) is 17.1 Å². The Labute approximate surface area is 117 Å². The number of nitrogen functional groups attached to an aromatic ring is 1. The van der Waals surface area contributed by atoms with Crippen LogP contribution in [0.1, 0.15) is 10.4 Å². The number of nitrogens with two attached hydrogens (primary N) is 1. The van der Waals surface area contributed by atoms with Crippen LogP contribution in [0.5, 0.6) is 5.75 Å². The molecule has 21 heavy (non-hydrogen) atoms. The molecule has 2 aromatic rings. The van der Waals surface area contributed by atoms with Gasteiger partial charge in [0.05, 0.1) is 17.4 Å². The maximum Gasteiger partial charge on any atom is 0.322 e. The lowest BCUT2D eigenvalue weighted by molar-refractivity contribution is -0.135. The van der Waals surface area contributed by atoms with Gasteiger partial charge in [0.15, 0.2) is 5.75 Å². The zero-order chi connectivity index (χ0) is 15.7. The van der Waals surface area contributed by atoms with E-state index in [4.69, 9.17) is 10.8 Å². The molecule has 1 amide bonds. The van der Waals surface area contributed by atoms with E-state index in [-0.39, 0.29) is 11.0 Å². The van der Waals surface area contributed by atoms with E-state index < -0.39 is 35.3 Å². The topological polar surface area (TPSA) is 148 Å². The van der Waals surface area contributed by atoms with Crippen LogP contribution in [0.25, 0.3) is 11.0 Å². The maximum absolute atomic E-state index is 12.1. The highest BCUT2D eigenvalue weighted by Crippen LogP contribution is 2.25. The molecule has 0 bridgehead atoms. The lowest BCUT2D eigenvalue weighted by Gasteiger charge is -2.11. The number of amides is 1. The van der Waals surface area contributed by atoms with Crippen LogP contribution < -0.4 is 16.6 Å². The van der Waals surface area contributed by atoms with Crippen molar-refractivity contribution in [2.75, 3.05) is 12.3 Å². The summed E-state index contributed by atoms with van der Waals surface area (Å²) in [6.45, 7) is -0.672. The number of aromatic nitrogens is 2. The molecule has 0 fully saturated rings. The van der Waals surface area contributed by atoms with E-state index in [9.17, 15) is 19.5 Å². The van der Waals surface area contributed by atoms with Crippen molar-refractivity contribution in [3.05, 3.63) is 28.2 Å². The van der Waals surface area contributed by atoms with Crippen molar-refractivity contribution in [1.29, 1.82) is 0 Å². The number of carbonyl (C=O) groups excluding carboxylic acids is 1. The van der Waals surface area contributed by atoms with Gasteiger partial charge in [-0.25, -0.2) is 4.98 Å². The van der Waals surface area contributed by atoms with Crippen molar-refractivity contribution in [2.24, 2.45) is 7.05 Å². The molecule has 0 spiro atoms. The highest BCUT2D eigenvalue weighted by molar-refractivity contribution is 6.02. The van der Waals surface area contributed by atoms with E-state index in [1.54, 1.807) is 0 Å². The van der Waals surface area contributed by atoms with Gasteiger partial charge in [0, 0.05) is 7.05 Å². The first-order valence-corrected chi connectivity index (χ1v) is 5.80. The van der Waals surface area contributed by atoms with Crippen LogP contribution in [-0.2, 0) is 11.8 Å². The standard InChI is InChI=1S/C12H12N4O5/c1-16-6-2-5(13)3-14-9(6)10(19)8(12(16)21)11(20)15-4-7(17)18/h2-3,19H,4,13H2,1H3,(H,15,20)(H,17,18). The van der Waals surface area contributed by atoms with Crippen molar-refractivity contribution in [3.8, 4) is 5.75 Å². The number of carboxylic acids is 1. The fourth-order valence-corrected chi connectivity index (χ4v) is 1.85. The van der Waals surface area contributed by atoms with Gasteiger partial charge in [0.1, 0.15) is 17.6 Å². The first-order chi connectivity index (χ1) is 9.82. The lowest BCUT2D eigenvalue weighted by Crippen LogP contribution is -2.35. The maximum atomic E-state index is 12.1. The molecule has 0 aliphatic rings. The molecule has 0 radical (unpaired) electrons. The minimum absolute atomic E-state index is 0.0202. The number of carbonyl (C=O) groups is 2. The molecule has 0 saturated carbocycles. The number of nitrogens with one attached hydrogen (secondary N) is 1. The summed E-state index contributed by atoms with van der Waals surface area (Å²) in [6, 6.07) is 1.43. The lowest BCUT2D eigenvalue weighted by atomic mass is 10.1. The normalized spacial score (nSPS) is 10.5. The summed E-state index contributed by atoms with van der Waals surface area (Å²) >= 11 is 0. The summed E-state index contributed by atoms with van der Waals surface area (Å²) in [5.41, 5.74) is 4.79. The average Bonchev–Trinajstić information content (AvgIpc) is 2.42. The molecule has 0 saturated heterocycles. The fourth-order valence-electron chi connectivity index (χ4n) is 1.85. The van der Waals surface area contributed by atoms with Crippen LogP contribution in [0.3, 0.4) is 0 Å². The molecule has 2 heterocycles. The number of hydrogen-bond acceptors (Lipinski definition) is 6. The number of aryl methyl sites for hydroxylation is 1. The molecule has 2 aromatic heterocycles. The fraction of sp³-hybridized carbons (Fsp3) is 0.167. The Bertz CT molecular complexity index is 811. The van der Waals surface area contributed by atoms with Crippen LogP contribution in [0.4, 0.5) is 5.69 Å². The molecule has 9 nitrogen and oxygen atoms in total. The minimum atomic E-state index is -1.27. The molecular formula is C12H12N4O5. The quantitative estimate of drug-likeness (QED) is 0.569. The van der Waals surface area contributed by atoms with Gasteiger partial charge in [-0.2, -0.15) is 0 Å². The Balaban J connectivity index is 2.65. The summed E-state index contributed by atoms with van der Waals surface area (Å²) < 4.78 is 1.11. The second-order valence-corrected chi connectivity index (χ2v) is 4.30. The summed E-state index contributed by atoms with van der Waals surface area (Å²) in [5.74, 6) is -2.88. The Morgan fingerprint density at radius 2 is 2.14 bits per heavy atom.